The van der Waals surface area contributed by atoms with Crippen molar-refractivity contribution in [3.05, 3.63) is 36.0 Å². The van der Waals surface area contributed by atoms with Gasteiger partial charge >= 0.3 is 0 Å². The number of hydrogen-bond acceptors (Lipinski definition) is 6. The molecule has 0 fully saturated rings. The Morgan fingerprint density at radius 3 is 2.68 bits per heavy atom. The smallest absolute Gasteiger partial charge is 0.270 e. The van der Waals surface area contributed by atoms with Gasteiger partial charge in [-0.15, -0.1) is 0 Å². The van der Waals surface area contributed by atoms with Crippen LogP contribution in [0.25, 0.3) is 22.2 Å². The topological polar surface area (TPSA) is 80.9 Å². The first-order valence-electron chi connectivity index (χ1n) is 8.25. The number of carbonyl (C=O) groups excluding carboxylic acids is 1. The number of carbonyl (C=O) groups is 1. The summed E-state index contributed by atoms with van der Waals surface area (Å²) in [6, 6.07) is 9.66. The lowest BCUT2D eigenvalue weighted by Gasteiger charge is -2.03. The maximum absolute atomic E-state index is 12.0. The van der Waals surface area contributed by atoms with Gasteiger partial charge in [0.25, 0.3) is 5.89 Å². The Balaban J connectivity index is 1.85. The number of amides is 1. The molecule has 0 saturated carbocycles. The third-order valence-electron chi connectivity index (χ3n) is 3.52. The third kappa shape index (κ3) is 4.11. The summed E-state index contributed by atoms with van der Waals surface area (Å²) in [5, 5.41) is 7.48. The molecule has 0 aliphatic rings. The number of benzene rings is 1. The van der Waals surface area contributed by atoms with Crippen LogP contribution in [-0.2, 0) is 11.2 Å². The second kappa shape index (κ2) is 7.57. The summed E-state index contributed by atoms with van der Waals surface area (Å²) in [5.41, 5.74) is 1.73. The van der Waals surface area contributed by atoms with Gasteiger partial charge in [-0.3, -0.25) is 4.79 Å². The van der Waals surface area contributed by atoms with Gasteiger partial charge in [-0.05, 0) is 12.3 Å². The molecule has 0 saturated heterocycles. The molecule has 0 spiro atoms. The van der Waals surface area contributed by atoms with Crippen LogP contribution in [0.3, 0.4) is 0 Å². The zero-order valence-electron chi connectivity index (χ0n) is 14.4. The molecule has 3 rings (SSSR count). The second-order valence-electron chi connectivity index (χ2n) is 6.08. The molecule has 0 aliphatic heterocycles. The highest BCUT2D eigenvalue weighted by Crippen LogP contribution is 2.33. The van der Waals surface area contributed by atoms with Crippen molar-refractivity contribution in [2.45, 2.75) is 33.6 Å². The van der Waals surface area contributed by atoms with Crippen LogP contribution in [0, 0.1) is 5.92 Å². The van der Waals surface area contributed by atoms with Gasteiger partial charge < -0.3 is 9.84 Å². The summed E-state index contributed by atoms with van der Waals surface area (Å²) in [6.45, 7) is 6.02. The number of thiazole rings is 1. The molecular formula is C18H20N4O2S. The highest BCUT2D eigenvalue weighted by molar-refractivity contribution is 7.19. The van der Waals surface area contributed by atoms with E-state index >= 15 is 0 Å². The standard InChI is InChI=1S/C18H20N4O2S/c1-4-13-15(25-18(19-13)20-14(23)10-11(2)3)17-21-16(22-24-17)12-8-6-5-7-9-12/h5-9,11H,4,10H2,1-3H3,(H,19,20,23). The molecule has 3 aromatic rings. The first-order valence-corrected chi connectivity index (χ1v) is 9.07. The van der Waals surface area contributed by atoms with E-state index in [1.54, 1.807) is 0 Å². The van der Waals surface area contributed by atoms with Crippen molar-refractivity contribution in [2.75, 3.05) is 5.32 Å². The zero-order chi connectivity index (χ0) is 17.8. The summed E-state index contributed by atoms with van der Waals surface area (Å²) < 4.78 is 5.43. The van der Waals surface area contributed by atoms with Crippen molar-refractivity contribution in [1.82, 2.24) is 15.1 Å². The third-order valence-corrected chi connectivity index (χ3v) is 4.53. The monoisotopic (exact) mass is 356 g/mol. The molecule has 0 bridgehead atoms. The molecule has 2 aromatic heterocycles. The van der Waals surface area contributed by atoms with E-state index in [-0.39, 0.29) is 5.91 Å². The number of anilines is 1. The van der Waals surface area contributed by atoms with Gasteiger partial charge in [0.05, 0.1) is 5.69 Å². The Bertz CT molecular complexity index is 855. The van der Waals surface area contributed by atoms with Crippen molar-refractivity contribution >= 4 is 22.4 Å². The number of aromatic nitrogens is 3. The van der Waals surface area contributed by atoms with Gasteiger partial charge in [0, 0.05) is 12.0 Å². The minimum absolute atomic E-state index is 0.0338. The zero-order valence-corrected chi connectivity index (χ0v) is 15.3. The van der Waals surface area contributed by atoms with Crippen LogP contribution in [0.15, 0.2) is 34.9 Å². The van der Waals surface area contributed by atoms with E-state index in [2.05, 4.69) is 20.4 Å². The summed E-state index contributed by atoms with van der Waals surface area (Å²) >= 11 is 1.36. The van der Waals surface area contributed by atoms with Crippen molar-refractivity contribution in [3.8, 4) is 22.2 Å². The molecule has 1 N–H and O–H groups in total. The lowest BCUT2D eigenvalue weighted by molar-refractivity contribution is -0.116. The Hall–Kier alpha value is -2.54. The molecule has 6 nitrogen and oxygen atoms in total. The number of nitrogens with one attached hydrogen (secondary N) is 1. The molecule has 2 heterocycles. The van der Waals surface area contributed by atoms with E-state index in [1.807, 2.05) is 51.1 Å². The molecule has 0 radical (unpaired) electrons. The minimum atomic E-state index is -0.0338. The number of aryl methyl sites for hydroxylation is 1. The van der Waals surface area contributed by atoms with Crippen LogP contribution in [0.5, 0.6) is 0 Å². The highest BCUT2D eigenvalue weighted by Gasteiger charge is 2.19. The van der Waals surface area contributed by atoms with Gasteiger partial charge in [0.2, 0.25) is 11.7 Å². The van der Waals surface area contributed by atoms with Crippen LogP contribution in [0.2, 0.25) is 0 Å². The molecular weight excluding hydrogens is 336 g/mol. The Kier molecular flexibility index (Phi) is 5.23. The van der Waals surface area contributed by atoms with Crippen molar-refractivity contribution in [2.24, 2.45) is 5.92 Å². The van der Waals surface area contributed by atoms with E-state index in [0.717, 1.165) is 22.6 Å². The molecule has 130 valence electrons. The van der Waals surface area contributed by atoms with Crippen LogP contribution >= 0.6 is 11.3 Å². The Labute approximate surface area is 150 Å². The van der Waals surface area contributed by atoms with E-state index in [0.29, 0.717) is 29.2 Å². The van der Waals surface area contributed by atoms with Crippen molar-refractivity contribution in [1.29, 1.82) is 0 Å². The molecule has 0 unspecified atom stereocenters. The van der Waals surface area contributed by atoms with Gasteiger partial charge in [0.1, 0.15) is 4.88 Å². The fourth-order valence-electron chi connectivity index (χ4n) is 2.37. The summed E-state index contributed by atoms with van der Waals surface area (Å²) in [6.07, 6.45) is 1.18. The average Bonchev–Trinajstić information content (AvgIpc) is 3.21. The van der Waals surface area contributed by atoms with Crippen LogP contribution in [-0.4, -0.2) is 21.0 Å². The van der Waals surface area contributed by atoms with Crippen LogP contribution in [0.1, 0.15) is 32.9 Å². The predicted molar refractivity (Wildman–Crippen MR) is 98.3 cm³/mol. The van der Waals surface area contributed by atoms with E-state index in [1.165, 1.54) is 11.3 Å². The van der Waals surface area contributed by atoms with Crippen LogP contribution < -0.4 is 5.32 Å². The lowest BCUT2D eigenvalue weighted by Crippen LogP contribution is -2.13. The van der Waals surface area contributed by atoms with E-state index < -0.39 is 0 Å². The predicted octanol–water partition coefficient (Wildman–Crippen LogP) is 4.41. The minimum Gasteiger partial charge on any atom is -0.333 e. The maximum atomic E-state index is 12.0. The maximum Gasteiger partial charge on any atom is 0.270 e. The van der Waals surface area contributed by atoms with E-state index in [4.69, 9.17) is 4.52 Å². The van der Waals surface area contributed by atoms with Crippen molar-refractivity contribution in [3.63, 3.8) is 0 Å². The second-order valence-corrected chi connectivity index (χ2v) is 7.08. The molecule has 1 amide bonds. The summed E-state index contributed by atoms with van der Waals surface area (Å²) in [5.74, 6) is 1.23. The lowest BCUT2D eigenvalue weighted by atomic mass is 10.1. The SMILES string of the molecule is CCc1nc(NC(=O)CC(C)C)sc1-c1nc(-c2ccccc2)no1. The largest absolute Gasteiger partial charge is 0.333 e. The van der Waals surface area contributed by atoms with Gasteiger partial charge in [-0.25, -0.2) is 4.98 Å². The van der Waals surface area contributed by atoms with Gasteiger partial charge in [0.15, 0.2) is 5.13 Å². The molecule has 0 atom stereocenters. The Morgan fingerprint density at radius 2 is 2.00 bits per heavy atom. The molecule has 7 heteroatoms. The quantitative estimate of drug-likeness (QED) is 0.707. The summed E-state index contributed by atoms with van der Waals surface area (Å²) in [7, 11) is 0. The number of hydrogen-bond donors (Lipinski definition) is 1. The molecule has 1 aromatic carbocycles. The number of nitrogens with zero attached hydrogens (tertiary/aromatic N) is 3. The fourth-order valence-corrected chi connectivity index (χ4v) is 3.37. The van der Waals surface area contributed by atoms with Gasteiger partial charge in [-0.2, -0.15) is 4.98 Å². The summed E-state index contributed by atoms with van der Waals surface area (Å²) in [4.78, 5) is 21.7. The molecule has 0 aliphatic carbocycles. The average molecular weight is 356 g/mol. The van der Waals surface area contributed by atoms with Crippen LogP contribution in [0.4, 0.5) is 5.13 Å². The molecule has 25 heavy (non-hydrogen) atoms. The highest BCUT2D eigenvalue weighted by atomic mass is 32.1. The van der Waals surface area contributed by atoms with Gasteiger partial charge in [-0.1, -0.05) is 67.6 Å². The van der Waals surface area contributed by atoms with Crippen molar-refractivity contribution < 1.29 is 9.32 Å². The first kappa shape index (κ1) is 17.3. The number of rotatable bonds is 6. The Morgan fingerprint density at radius 1 is 1.24 bits per heavy atom. The van der Waals surface area contributed by atoms with E-state index in [9.17, 15) is 4.79 Å². The normalized spacial score (nSPS) is 11.0. The first-order chi connectivity index (χ1) is 12.1. The fraction of sp³-hybridized carbons (Fsp3) is 0.333.